The standard InChI is InChI=1S/C20H24O4/c1-12-13(2)20(15-7-10-17(22-3)18(11-15)23-4)24-19(12)14-5-8-16(21)9-6-14/h5-13,19-21H,1-4H3/t12-,13-,19+,20-/m1/s1. The van der Waals surface area contributed by atoms with Gasteiger partial charge in [0.2, 0.25) is 0 Å². The van der Waals surface area contributed by atoms with Crippen molar-refractivity contribution in [2.24, 2.45) is 11.8 Å². The third kappa shape index (κ3) is 2.94. The third-order valence-corrected chi connectivity index (χ3v) is 5.04. The molecule has 4 atom stereocenters. The van der Waals surface area contributed by atoms with Gasteiger partial charge in [0.1, 0.15) is 5.75 Å². The lowest BCUT2D eigenvalue weighted by molar-refractivity contribution is 0.0289. The van der Waals surface area contributed by atoms with Crippen LogP contribution in [0.3, 0.4) is 0 Å². The van der Waals surface area contributed by atoms with E-state index in [-0.39, 0.29) is 18.0 Å². The van der Waals surface area contributed by atoms with Gasteiger partial charge in [-0.2, -0.15) is 0 Å². The molecule has 1 fully saturated rings. The van der Waals surface area contributed by atoms with Crippen LogP contribution in [0.4, 0.5) is 0 Å². The molecule has 1 aliphatic heterocycles. The zero-order valence-electron chi connectivity index (χ0n) is 14.5. The molecule has 2 aromatic rings. The Hall–Kier alpha value is -2.20. The highest BCUT2D eigenvalue weighted by Gasteiger charge is 2.40. The highest BCUT2D eigenvalue weighted by Crippen LogP contribution is 2.49. The summed E-state index contributed by atoms with van der Waals surface area (Å²) in [5.41, 5.74) is 2.18. The summed E-state index contributed by atoms with van der Waals surface area (Å²) in [7, 11) is 3.28. The Morgan fingerprint density at radius 3 is 1.92 bits per heavy atom. The fraction of sp³-hybridized carbons (Fsp3) is 0.400. The van der Waals surface area contributed by atoms with E-state index in [2.05, 4.69) is 13.8 Å². The fourth-order valence-electron chi connectivity index (χ4n) is 3.42. The summed E-state index contributed by atoms with van der Waals surface area (Å²) >= 11 is 0. The Morgan fingerprint density at radius 2 is 1.33 bits per heavy atom. The lowest BCUT2D eigenvalue weighted by Crippen LogP contribution is -2.10. The molecule has 24 heavy (non-hydrogen) atoms. The molecule has 4 heteroatoms. The second-order valence-corrected chi connectivity index (χ2v) is 6.40. The number of phenolic OH excluding ortho intramolecular Hbond substituents is 1. The van der Waals surface area contributed by atoms with Crippen molar-refractivity contribution in [3.63, 3.8) is 0 Å². The summed E-state index contributed by atoms with van der Waals surface area (Å²) in [6.07, 6.45) is 0.0114. The van der Waals surface area contributed by atoms with E-state index in [1.807, 2.05) is 30.3 Å². The van der Waals surface area contributed by atoms with Gasteiger partial charge in [-0.1, -0.05) is 32.0 Å². The van der Waals surface area contributed by atoms with E-state index in [4.69, 9.17) is 14.2 Å². The zero-order chi connectivity index (χ0) is 17.3. The fourth-order valence-corrected chi connectivity index (χ4v) is 3.42. The van der Waals surface area contributed by atoms with Crippen LogP contribution in [0, 0.1) is 11.8 Å². The average Bonchev–Trinajstić information content (AvgIpc) is 2.90. The lowest BCUT2D eigenvalue weighted by atomic mass is 9.85. The number of phenols is 1. The molecule has 0 saturated carbocycles. The van der Waals surface area contributed by atoms with Crippen molar-refractivity contribution in [3.8, 4) is 17.2 Å². The van der Waals surface area contributed by atoms with E-state index in [1.165, 1.54) is 0 Å². The van der Waals surface area contributed by atoms with E-state index >= 15 is 0 Å². The minimum Gasteiger partial charge on any atom is -0.508 e. The number of benzene rings is 2. The highest BCUT2D eigenvalue weighted by molar-refractivity contribution is 5.44. The summed E-state index contributed by atoms with van der Waals surface area (Å²) in [6, 6.07) is 13.2. The predicted molar refractivity (Wildman–Crippen MR) is 92.5 cm³/mol. The number of ether oxygens (including phenoxy) is 3. The third-order valence-electron chi connectivity index (χ3n) is 5.04. The molecule has 1 aliphatic rings. The second-order valence-electron chi connectivity index (χ2n) is 6.40. The summed E-state index contributed by atoms with van der Waals surface area (Å²) in [5.74, 6) is 2.44. The molecule has 1 heterocycles. The molecule has 0 radical (unpaired) electrons. The molecule has 0 bridgehead atoms. The normalized spacial score (nSPS) is 26.3. The van der Waals surface area contributed by atoms with E-state index < -0.39 is 0 Å². The van der Waals surface area contributed by atoms with Gasteiger partial charge in [-0.15, -0.1) is 0 Å². The van der Waals surface area contributed by atoms with Gasteiger partial charge in [-0.05, 0) is 47.2 Å². The van der Waals surface area contributed by atoms with Crippen molar-refractivity contribution in [1.82, 2.24) is 0 Å². The van der Waals surface area contributed by atoms with Crippen LogP contribution in [-0.2, 0) is 4.74 Å². The second kappa shape index (κ2) is 6.73. The molecule has 128 valence electrons. The molecular weight excluding hydrogens is 304 g/mol. The Balaban J connectivity index is 1.88. The smallest absolute Gasteiger partial charge is 0.161 e. The lowest BCUT2D eigenvalue weighted by Gasteiger charge is -2.18. The number of aromatic hydroxyl groups is 1. The van der Waals surface area contributed by atoms with Crippen LogP contribution in [0.25, 0.3) is 0 Å². The largest absolute Gasteiger partial charge is 0.508 e. The molecule has 1 N–H and O–H groups in total. The number of hydrogen-bond donors (Lipinski definition) is 1. The SMILES string of the molecule is COc1ccc([C@@H]2O[C@H](c3ccc(O)cc3)[C@H](C)[C@H]2C)cc1OC. The van der Waals surface area contributed by atoms with Gasteiger partial charge in [0.25, 0.3) is 0 Å². The Morgan fingerprint density at radius 1 is 0.792 bits per heavy atom. The molecule has 0 spiro atoms. The van der Waals surface area contributed by atoms with E-state index in [1.54, 1.807) is 26.4 Å². The van der Waals surface area contributed by atoms with Crippen LogP contribution in [0.2, 0.25) is 0 Å². The first-order valence-corrected chi connectivity index (χ1v) is 8.21. The minimum atomic E-state index is -0.00129. The number of methoxy groups -OCH3 is 2. The van der Waals surface area contributed by atoms with Crippen LogP contribution in [0.15, 0.2) is 42.5 Å². The van der Waals surface area contributed by atoms with Gasteiger partial charge in [0.15, 0.2) is 11.5 Å². The van der Waals surface area contributed by atoms with Crippen molar-refractivity contribution in [1.29, 1.82) is 0 Å². The maximum Gasteiger partial charge on any atom is 0.161 e. The van der Waals surface area contributed by atoms with Gasteiger partial charge in [0, 0.05) is 0 Å². The molecule has 0 unspecified atom stereocenters. The molecular formula is C20H24O4. The number of rotatable bonds is 4. The molecule has 0 aliphatic carbocycles. The van der Waals surface area contributed by atoms with Crippen molar-refractivity contribution in [2.75, 3.05) is 14.2 Å². The summed E-state index contributed by atoms with van der Waals surface area (Å²) in [4.78, 5) is 0. The van der Waals surface area contributed by atoms with Crippen molar-refractivity contribution < 1.29 is 19.3 Å². The Kier molecular flexibility index (Phi) is 4.67. The molecule has 0 aromatic heterocycles. The topological polar surface area (TPSA) is 47.9 Å². The van der Waals surface area contributed by atoms with E-state index in [0.29, 0.717) is 17.6 Å². The van der Waals surface area contributed by atoms with Crippen molar-refractivity contribution in [3.05, 3.63) is 53.6 Å². The van der Waals surface area contributed by atoms with E-state index in [9.17, 15) is 5.11 Å². The molecule has 2 aromatic carbocycles. The van der Waals surface area contributed by atoms with Crippen LogP contribution in [0.5, 0.6) is 17.2 Å². The van der Waals surface area contributed by atoms with Gasteiger partial charge in [0.05, 0.1) is 26.4 Å². The van der Waals surface area contributed by atoms with Crippen molar-refractivity contribution in [2.45, 2.75) is 26.1 Å². The monoisotopic (exact) mass is 328 g/mol. The van der Waals surface area contributed by atoms with Crippen LogP contribution < -0.4 is 9.47 Å². The predicted octanol–water partition coefficient (Wildman–Crippen LogP) is 4.49. The maximum absolute atomic E-state index is 9.49. The quantitative estimate of drug-likeness (QED) is 0.898. The number of hydrogen-bond acceptors (Lipinski definition) is 4. The van der Waals surface area contributed by atoms with Gasteiger partial charge in [-0.3, -0.25) is 0 Å². The van der Waals surface area contributed by atoms with Crippen LogP contribution >= 0.6 is 0 Å². The van der Waals surface area contributed by atoms with Gasteiger partial charge >= 0.3 is 0 Å². The summed E-state index contributed by atoms with van der Waals surface area (Å²) in [6.45, 7) is 4.43. The first-order valence-electron chi connectivity index (χ1n) is 8.21. The average molecular weight is 328 g/mol. The first kappa shape index (κ1) is 16.7. The Labute approximate surface area is 143 Å². The molecule has 0 amide bonds. The van der Waals surface area contributed by atoms with Gasteiger partial charge < -0.3 is 19.3 Å². The highest BCUT2D eigenvalue weighted by atomic mass is 16.5. The molecule has 3 rings (SSSR count). The minimum absolute atomic E-state index is 0.00129. The molecule has 4 nitrogen and oxygen atoms in total. The Bertz CT molecular complexity index is 695. The molecule has 1 saturated heterocycles. The van der Waals surface area contributed by atoms with Crippen molar-refractivity contribution >= 4 is 0 Å². The van der Waals surface area contributed by atoms with Crippen LogP contribution in [0.1, 0.15) is 37.2 Å². The van der Waals surface area contributed by atoms with Crippen LogP contribution in [-0.4, -0.2) is 19.3 Å². The van der Waals surface area contributed by atoms with E-state index in [0.717, 1.165) is 16.9 Å². The first-order chi connectivity index (χ1) is 11.5. The summed E-state index contributed by atoms with van der Waals surface area (Å²) < 4.78 is 17.1. The van der Waals surface area contributed by atoms with Gasteiger partial charge in [-0.25, -0.2) is 0 Å². The zero-order valence-corrected chi connectivity index (χ0v) is 14.5. The maximum atomic E-state index is 9.49. The summed E-state index contributed by atoms with van der Waals surface area (Å²) in [5, 5.41) is 9.49.